The van der Waals surface area contributed by atoms with Crippen LogP contribution in [0.3, 0.4) is 0 Å². The number of halogens is 1. The molecule has 2 heterocycles. The second-order valence-corrected chi connectivity index (χ2v) is 7.27. The number of carbonyl (C=O) groups excluding carboxylic acids is 1. The third kappa shape index (κ3) is 3.60. The molecule has 2 fully saturated rings. The monoisotopic (exact) mass is 355 g/mol. The summed E-state index contributed by atoms with van der Waals surface area (Å²) in [6.07, 6.45) is 5.86. The summed E-state index contributed by atoms with van der Waals surface area (Å²) in [4.78, 5) is 22.9. The summed E-state index contributed by atoms with van der Waals surface area (Å²) in [5.74, 6) is 0.812. The Morgan fingerprint density at radius 3 is 2.58 bits per heavy atom. The molecule has 4 rings (SSSR count). The number of hydrogen-bond donors (Lipinski definition) is 1. The largest absolute Gasteiger partial charge is 0.391 e. The molecule has 1 aliphatic heterocycles. The molecule has 2 aromatic rings. The van der Waals surface area contributed by atoms with Gasteiger partial charge in [0.2, 0.25) is 0 Å². The normalized spacial score (nSPS) is 23.1. The van der Waals surface area contributed by atoms with E-state index >= 15 is 0 Å². The lowest BCUT2D eigenvalue weighted by Crippen LogP contribution is -2.47. The highest BCUT2D eigenvalue weighted by molar-refractivity contribution is 5.93. The van der Waals surface area contributed by atoms with Crippen LogP contribution in [-0.4, -0.2) is 45.1 Å². The zero-order valence-electron chi connectivity index (χ0n) is 14.5. The minimum Gasteiger partial charge on any atom is -0.391 e. The Bertz CT molecular complexity index is 792. The molecule has 1 aromatic carbocycles. The molecular weight excluding hydrogens is 333 g/mol. The predicted molar refractivity (Wildman–Crippen MR) is 94.1 cm³/mol. The number of carbonyl (C=O) groups is 1. The van der Waals surface area contributed by atoms with E-state index in [0.717, 1.165) is 18.7 Å². The summed E-state index contributed by atoms with van der Waals surface area (Å²) in [7, 11) is 0. The predicted octanol–water partition coefficient (Wildman–Crippen LogP) is 2.56. The molecule has 0 spiro atoms. The molecule has 1 amide bonds. The second-order valence-electron chi connectivity index (χ2n) is 7.27. The fraction of sp³-hybridized carbons (Fsp3) is 0.450. The Hall–Kier alpha value is -2.34. The van der Waals surface area contributed by atoms with Crippen LogP contribution in [-0.2, 0) is 6.42 Å². The third-order valence-corrected chi connectivity index (χ3v) is 5.31. The molecular formula is C20H22FN3O2. The number of β-amino-alcohol motifs (C(OH)–C–C–N with tert-alkyl or cyclic N) is 1. The zero-order chi connectivity index (χ0) is 18.1. The van der Waals surface area contributed by atoms with Crippen molar-refractivity contribution in [1.82, 2.24) is 14.9 Å². The number of aliphatic hydroxyl groups excluding tert-OH is 1. The highest BCUT2D eigenvalue weighted by atomic mass is 19.1. The molecule has 2 atom stereocenters. The number of amides is 1. The molecule has 0 radical (unpaired) electrons. The van der Waals surface area contributed by atoms with Gasteiger partial charge in [0.25, 0.3) is 5.91 Å². The Morgan fingerprint density at radius 1 is 1.19 bits per heavy atom. The lowest BCUT2D eigenvalue weighted by atomic mass is 9.87. The molecule has 2 aliphatic rings. The van der Waals surface area contributed by atoms with Crippen molar-refractivity contribution in [3.05, 3.63) is 59.4 Å². The van der Waals surface area contributed by atoms with Crippen molar-refractivity contribution >= 4 is 5.91 Å². The summed E-state index contributed by atoms with van der Waals surface area (Å²) >= 11 is 0. The molecule has 136 valence electrons. The minimum absolute atomic E-state index is 0.0514. The van der Waals surface area contributed by atoms with Crippen molar-refractivity contribution in [3.63, 3.8) is 0 Å². The number of aliphatic hydroxyl groups is 1. The van der Waals surface area contributed by atoms with E-state index in [1.54, 1.807) is 35.5 Å². The topological polar surface area (TPSA) is 66.3 Å². The lowest BCUT2D eigenvalue weighted by molar-refractivity contribution is 0.0195. The van der Waals surface area contributed by atoms with Gasteiger partial charge in [-0.25, -0.2) is 14.4 Å². The SMILES string of the molecule is O=C(c1cnc(C2CC2)nc1)N1CC[C@H](Cc2ccccc2F)[C@H](O)C1. The van der Waals surface area contributed by atoms with E-state index < -0.39 is 6.10 Å². The van der Waals surface area contributed by atoms with Crippen molar-refractivity contribution in [3.8, 4) is 0 Å². The van der Waals surface area contributed by atoms with Gasteiger partial charge in [0.15, 0.2) is 0 Å². The highest BCUT2D eigenvalue weighted by Gasteiger charge is 2.32. The number of rotatable bonds is 4. The number of piperidine rings is 1. The Morgan fingerprint density at radius 2 is 1.92 bits per heavy atom. The van der Waals surface area contributed by atoms with E-state index in [-0.39, 0.29) is 24.2 Å². The first-order valence-electron chi connectivity index (χ1n) is 9.14. The zero-order valence-corrected chi connectivity index (χ0v) is 14.5. The van der Waals surface area contributed by atoms with Crippen molar-refractivity contribution < 1.29 is 14.3 Å². The van der Waals surface area contributed by atoms with Crippen LogP contribution in [0.4, 0.5) is 4.39 Å². The van der Waals surface area contributed by atoms with Crippen LogP contribution in [0.1, 0.15) is 46.9 Å². The molecule has 1 aliphatic carbocycles. The molecule has 26 heavy (non-hydrogen) atoms. The van der Waals surface area contributed by atoms with E-state index in [4.69, 9.17) is 0 Å². The number of benzene rings is 1. The number of nitrogens with zero attached hydrogens (tertiary/aromatic N) is 3. The molecule has 1 saturated carbocycles. The van der Waals surface area contributed by atoms with Gasteiger partial charge in [-0.15, -0.1) is 0 Å². The van der Waals surface area contributed by atoms with Gasteiger partial charge in [-0.2, -0.15) is 0 Å². The first-order valence-corrected chi connectivity index (χ1v) is 9.14. The van der Waals surface area contributed by atoms with Crippen LogP contribution < -0.4 is 0 Å². The first kappa shape index (κ1) is 17.1. The number of hydrogen-bond acceptors (Lipinski definition) is 4. The first-order chi connectivity index (χ1) is 12.6. The summed E-state index contributed by atoms with van der Waals surface area (Å²) in [5.41, 5.74) is 1.06. The van der Waals surface area contributed by atoms with Crippen LogP contribution in [0, 0.1) is 11.7 Å². The molecule has 1 N–H and O–H groups in total. The number of likely N-dealkylation sites (tertiary alicyclic amines) is 1. The third-order valence-electron chi connectivity index (χ3n) is 5.31. The van der Waals surface area contributed by atoms with E-state index in [0.29, 0.717) is 36.4 Å². The Kier molecular flexibility index (Phi) is 4.68. The summed E-state index contributed by atoms with van der Waals surface area (Å²) < 4.78 is 13.8. The quantitative estimate of drug-likeness (QED) is 0.915. The summed E-state index contributed by atoms with van der Waals surface area (Å²) in [6, 6.07) is 6.64. The maximum atomic E-state index is 13.8. The van der Waals surface area contributed by atoms with Crippen LogP contribution in [0.15, 0.2) is 36.7 Å². The van der Waals surface area contributed by atoms with Gasteiger partial charge >= 0.3 is 0 Å². The maximum absolute atomic E-state index is 13.8. The Balaban J connectivity index is 1.38. The maximum Gasteiger partial charge on any atom is 0.257 e. The average molecular weight is 355 g/mol. The Labute approximate surface area is 151 Å². The van der Waals surface area contributed by atoms with Crippen LogP contribution in [0.25, 0.3) is 0 Å². The summed E-state index contributed by atoms with van der Waals surface area (Å²) in [5, 5.41) is 10.5. The molecule has 1 aromatic heterocycles. The van der Waals surface area contributed by atoms with Gasteiger partial charge in [-0.1, -0.05) is 18.2 Å². The standard InChI is InChI=1S/C20H22FN3O2/c21-17-4-2-1-3-14(17)9-15-7-8-24(12-18(15)25)20(26)16-10-22-19(23-11-16)13-5-6-13/h1-4,10-11,13,15,18,25H,5-9,12H2/t15-,18-/m1/s1. The van der Waals surface area contributed by atoms with Crippen molar-refractivity contribution in [2.75, 3.05) is 13.1 Å². The molecule has 1 saturated heterocycles. The van der Waals surface area contributed by atoms with E-state index in [2.05, 4.69) is 9.97 Å². The van der Waals surface area contributed by atoms with Crippen molar-refractivity contribution in [2.24, 2.45) is 5.92 Å². The van der Waals surface area contributed by atoms with Gasteiger partial charge in [-0.3, -0.25) is 4.79 Å². The molecule has 0 bridgehead atoms. The molecule has 5 nitrogen and oxygen atoms in total. The van der Waals surface area contributed by atoms with Gasteiger partial charge in [-0.05, 0) is 43.2 Å². The van der Waals surface area contributed by atoms with Gasteiger partial charge in [0.05, 0.1) is 11.7 Å². The average Bonchev–Trinajstić information content (AvgIpc) is 3.50. The minimum atomic E-state index is -0.668. The second kappa shape index (κ2) is 7.11. The lowest BCUT2D eigenvalue weighted by Gasteiger charge is -2.36. The smallest absolute Gasteiger partial charge is 0.257 e. The van der Waals surface area contributed by atoms with Crippen LogP contribution >= 0.6 is 0 Å². The van der Waals surface area contributed by atoms with Gasteiger partial charge in [0, 0.05) is 31.4 Å². The van der Waals surface area contributed by atoms with Crippen molar-refractivity contribution in [1.29, 1.82) is 0 Å². The van der Waals surface area contributed by atoms with E-state index in [9.17, 15) is 14.3 Å². The summed E-state index contributed by atoms with van der Waals surface area (Å²) in [6.45, 7) is 0.793. The van der Waals surface area contributed by atoms with Crippen LogP contribution in [0.5, 0.6) is 0 Å². The molecule has 6 heteroatoms. The molecule has 0 unspecified atom stereocenters. The van der Waals surface area contributed by atoms with E-state index in [1.165, 1.54) is 6.07 Å². The van der Waals surface area contributed by atoms with Gasteiger partial charge < -0.3 is 10.0 Å². The fourth-order valence-electron chi connectivity index (χ4n) is 3.53. The van der Waals surface area contributed by atoms with Crippen LogP contribution in [0.2, 0.25) is 0 Å². The fourth-order valence-corrected chi connectivity index (χ4v) is 3.53. The van der Waals surface area contributed by atoms with E-state index in [1.807, 2.05) is 0 Å². The van der Waals surface area contributed by atoms with Crippen molar-refractivity contribution in [2.45, 2.75) is 37.7 Å². The highest BCUT2D eigenvalue weighted by Crippen LogP contribution is 2.37. The van der Waals surface area contributed by atoms with Gasteiger partial charge in [0.1, 0.15) is 11.6 Å². The number of aromatic nitrogens is 2.